The molecule has 7 nitrogen and oxygen atoms in total. The average Bonchev–Trinajstić information content (AvgIpc) is 2.40. The second-order valence-electron chi connectivity index (χ2n) is 3.75. The van der Waals surface area contributed by atoms with Crippen LogP contribution in [0.3, 0.4) is 0 Å². The normalized spacial score (nSPS) is 10.2. The maximum Gasteiger partial charge on any atom is 0.325 e. The van der Waals surface area contributed by atoms with Gasteiger partial charge in [-0.2, -0.15) is 0 Å². The van der Waals surface area contributed by atoms with Crippen LogP contribution in [0.4, 0.5) is 5.69 Å². The number of rotatable bonds is 6. The van der Waals surface area contributed by atoms with Crippen molar-refractivity contribution in [2.45, 2.75) is 19.8 Å². The predicted molar refractivity (Wildman–Crippen MR) is 69.1 cm³/mol. The van der Waals surface area contributed by atoms with Gasteiger partial charge in [-0.05, 0) is 13.8 Å². The molecule has 1 rings (SSSR count). The Balaban J connectivity index is 3.26. The zero-order valence-electron chi connectivity index (χ0n) is 11.2. The number of nitrogens with zero attached hydrogens (tertiary/aromatic N) is 1. The van der Waals surface area contributed by atoms with Crippen LogP contribution in [0.2, 0.25) is 0 Å². The van der Waals surface area contributed by atoms with Gasteiger partial charge < -0.3 is 9.47 Å². The van der Waals surface area contributed by atoms with Gasteiger partial charge in [-0.15, -0.1) is 0 Å². The SMILES string of the molecule is CCOC(=O)C(C(=O)OCC)c1ccccc1[N+](=O)[O-]. The first-order chi connectivity index (χ1) is 9.52. The van der Waals surface area contributed by atoms with E-state index in [1.165, 1.54) is 24.3 Å². The Hall–Kier alpha value is -2.44. The van der Waals surface area contributed by atoms with Crippen molar-refractivity contribution in [3.8, 4) is 0 Å². The highest BCUT2D eigenvalue weighted by molar-refractivity contribution is 6.01. The molecule has 108 valence electrons. The van der Waals surface area contributed by atoms with Gasteiger partial charge in [-0.25, -0.2) is 0 Å². The van der Waals surface area contributed by atoms with E-state index in [0.717, 1.165) is 0 Å². The number of nitro groups is 1. The molecule has 0 atom stereocenters. The number of ether oxygens (including phenoxy) is 2. The van der Waals surface area contributed by atoms with Crippen molar-refractivity contribution in [3.05, 3.63) is 39.9 Å². The van der Waals surface area contributed by atoms with E-state index >= 15 is 0 Å². The number of nitro benzene ring substituents is 1. The molecule has 0 aliphatic heterocycles. The van der Waals surface area contributed by atoms with E-state index in [4.69, 9.17) is 9.47 Å². The van der Waals surface area contributed by atoms with Crippen LogP contribution < -0.4 is 0 Å². The van der Waals surface area contributed by atoms with Crippen LogP contribution in [0.25, 0.3) is 0 Å². The monoisotopic (exact) mass is 281 g/mol. The number of hydrogen-bond acceptors (Lipinski definition) is 6. The summed E-state index contributed by atoms with van der Waals surface area (Å²) in [6, 6.07) is 5.53. The molecule has 0 aliphatic rings. The Bertz CT molecular complexity index is 495. The largest absolute Gasteiger partial charge is 0.465 e. The second kappa shape index (κ2) is 7.22. The fourth-order valence-corrected chi connectivity index (χ4v) is 1.70. The van der Waals surface area contributed by atoms with Crippen molar-refractivity contribution in [1.29, 1.82) is 0 Å². The van der Waals surface area contributed by atoms with E-state index in [2.05, 4.69) is 0 Å². The Morgan fingerprint density at radius 1 is 1.15 bits per heavy atom. The summed E-state index contributed by atoms with van der Waals surface area (Å²) in [7, 11) is 0. The number of hydrogen-bond donors (Lipinski definition) is 0. The van der Waals surface area contributed by atoms with Gasteiger partial charge in [-0.1, -0.05) is 18.2 Å². The third-order valence-corrected chi connectivity index (χ3v) is 2.49. The van der Waals surface area contributed by atoms with Crippen molar-refractivity contribution < 1.29 is 24.0 Å². The van der Waals surface area contributed by atoms with Gasteiger partial charge in [0.05, 0.1) is 23.7 Å². The smallest absolute Gasteiger partial charge is 0.325 e. The Morgan fingerprint density at radius 2 is 1.65 bits per heavy atom. The molecule has 0 aromatic heterocycles. The van der Waals surface area contributed by atoms with E-state index in [0.29, 0.717) is 0 Å². The third-order valence-electron chi connectivity index (χ3n) is 2.49. The molecular weight excluding hydrogens is 266 g/mol. The van der Waals surface area contributed by atoms with Gasteiger partial charge in [-0.3, -0.25) is 19.7 Å². The van der Waals surface area contributed by atoms with Crippen molar-refractivity contribution in [3.63, 3.8) is 0 Å². The Kier molecular flexibility index (Phi) is 5.64. The van der Waals surface area contributed by atoms with Crippen LogP contribution in [-0.4, -0.2) is 30.1 Å². The summed E-state index contributed by atoms with van der Waals surface area (Å²) in [5, 5.41) is 11.0. The fourth-order valence-electron chi connectivity index (χ4n) is 1.70. The molecule has 0 N–H and O–H groups in total. The molecule has 0 spiro atoms. The summed E-state index contributed by atoms with van der Waals surface area (Å²) in [4.78, 5) is 34.1. The molecular formula is C13H15NO6. The zero-order chi connectivity index (χ0) is 15.1. The van der Waals surface area contributed by atoms with Crippen molar-refractivity contribution in [2.24, 2.45) is 0 Å². The molecule has 1 aromatic carbocycles. The van der Waals surface area contributed by atoms with E-state index in [1.807, 2.05) is 0 Å². The predicted octanol–water partition coefficient (Wildman–Crippen LogP) is 1.80. The lowest BCUT2D eigenvalue weighted by atomic mass is 9.97. The first kappa shape index (κ1) is 15.6. The maximum atomic E-state index is 11.9. The summed E-state index contributed by atoms with van der Waals surface area (Å²) in [5.74, 6) is -3.17. The van der Waals surface area contributed by atoms with Crippen LogP contribution in [0.5, 0.6) is 0 Å². The van der Waals surface area contributed by atoms with Gasteiger partial charge in [0, 0.05) is 6.07 Å². The number of carbonyl (C=O) groups excluding carboxylic acids is 2. The molecule has 0 bridgehead atoms. The molecule has 20 heavy (non-hydrogen) atoms. The van der Waals surface area contributed by atoms with Crippen LogP contribution in [-0.2, 0) is 19.1 Å². The van der Waals surface area contributed by atoms with E-state index < -0.39 is 22.8 Å². The van der Waals surface area contributed by atoms with Crippen LogP contribution in [0, 0.1) is 10.1 Å². The summed E-state index contributed by atoms with van der Waals surface area (Å²) in [6.45, 7) is 3.30. The lowest BCUT2D eigenvalue weighted by molar-refractivity contribution is -0.385. The second-order valence-corrected chi connectivity index (χ2v) is 3.75. The van der Waals surface area contributed by atoms with Crippen LogP contribution in [0.15, 0.2) is 24.3 Å². The van der Waals surface area contributed by atoms with E-state index in [-0.39, 0.29) is 24.5 Å². The van der Waals surface area contributed by atoms with Crippen molar-refractivity contribution in [1.82, 2.24) is 0 Å². The number of para-hydroxylation sites is 1. The van der Waals surface area contributed by atoms with Crippen LogP contribution in [0.1, 0.15) is 25.3 Å². The molecule has 0 aliphatic carbocycles. The molecule has 0 unspecified atom stereocenters. The number of esters is 2. The lowest BCUT2D eigenvalue weighted by Gasteiger charge is -2.14. The third kappa shape index (κ3) is 3.53. The lowest BCUT2D eigenvalue weighted by Crippen LogP contribution is -2.26. The Labute approximate surface area is 115 Å². The molecule has 0 saturated carbocycles. The summed E-state index contributed by atoms with van der Waals surface area (Å²) < 4.78 is 9.60. The zero-order valence-corrected chi connectivity index (χ0v) is 11.2. The van der Waals surface area contributed by atoms with Crippen molar-refractivity contribution >= 4 is 17.6 Å². The molecule has 0 saturated heterocycles. The fraction of sp³-hybridized carbons (Fsp3) is 0.385. The molecule has 7 heteroatoms. The highest BCUT2D eigenvalue weighted by Crippen LogP contribution is 2.28. The molecule has 0 fully saturated rings. The Morgan fingerprint density at radius 3 is 2.10 bits per heavy atom. The number of carbonyl (C=O) groups is 2. The molecule has 0 amide bonds. The minimum absolute atomic E-state index is 0.0330. The van der Waals surface area contributed by atoms with E-state index in [1.54, 1.807) is 13.8 Å². The summed E-state index contributed by atoms with van der Waals surface area (Å²) in [6.07, 6.45) is 0. The molecule has 1 aromatic rings. The average molecular weight is 281 g/mol. The minimum Gasteiger partial charge on any atom is -0.465 e. The number of benzene rings is 1. The molecule has 0 heterocycles. The topological polar surface area (TPSA) is 95.7 Å². The highest BCUT2D eigenvalue weighted by Gasteiger charge is 2.36. The minimum atomic E-state index is -1.45. The van der Waals surface area contributed by atoms with Gasteiger partial charge in [0.1, 0.15) is 0 Å². The quantitative estimate of drug-likeness (QED) is 0.341. The first-order valence-corrected chi connectivity index (χ1v) is 6.09. The highest BCUT2D eigenvalue weighted by atomic mass is 16.6. The standard InChI is InChI=1S/C13H15NO6/c1-3-19-12(15)11(13(16)20-4-2)9-7-5-6-8-10(9)14(17)18/h5-8,11H,3-4H2,1-2H3. The van der Waals surface area contributed by atoms with Crippen molar-refractivity contribution in [2.75, 3.05) is 13.2 Å². The van der Waals surface area contributed by atoms with Gasteiger partial charge in [0.2, 0.25) is 0 Å². The summed E-state index contributed by atoms with van der Waals surface area (Å²) >= 11 is 0. The van der Waals surface area contributed by atoms with Gasteiger partial charge in [0.15, 0.2) is 5.92 Å². The van der Waals surface area contributed by atoms with Gasteiger partial charge >= 0.3 is 11.9 Å². The molecule has 0 radical (unpaired) electrons. The first-order valence-electron chi connectivity index (χ1n) is 6.09. The van der Waals surface area contributed by atoms with Crippen LogP contribution >= 0.6 is 0 Å². The maximum absolute atomic E-state index is 11.9. The van der Waals surface area contributed by atoms with E-state index in [9.17, 15) is 19.7 Å². The van der Waals surface area contributed by atoms with Gasteiger partial charge in [0.25, 0.3) is 5.69 Å². The summed E-state index contributed by atoms with van der Waals surface area (Å²) in [5.41, 5.74) is -0.354.